The van der Waals surface area contributed by atoms with Crippen LogP contribution in [0.1, 0.15) is 6.92 Å². The van der Waals surface area contributed by atoms with Gasteiger partial charge in [-0.25, -0.2) is 4.98 Å². The maximum Gasteiger partial charge on any atom is 0.141 e. The summed E-state index contributed by atoms with van der Waals surface area (Å²) in [7, 11) is 0. The molecule has 15 heavy (non-hydrogen) atoms. The summed E-state index contributed by atoms with van der Waals surface area (Å²) < 4.78 is 0. The summed E-state index contributed by atoms with van der Waals surface area (Å²) >= 11 is 0. The number of nitrogens with one attached hydrogen (secondary N) is 1. The van der Waals surface area contributed by atoms with Crippen LogP contribution in [-0.4, -0.2) is 17.3 Å². The summed E-state index contributed by atoms with van der Waals surface area (Å²) in [5, 5.41) is 4.10. The Morgan fingerprint density at radius 1 is 1.27 bits per heavy atom. The van der Waals surface area contributed by atoms with E-state index in [9.17, 15) is 4.79 Å². The molecule has 3 heteroatoms. The summed E-state index contributed by atoms with van der Waals surface area (Å²) in [4.78, 5) is 14.9. The first-order chi connectivity index (χ1) is 7.29. The smallest absolute Gasteiger partial charge is 0.141 e. The standard InChI is InChI=1S/C12H12N2O/c1-9(8-15)13-12-7-6-10-4-2-3-5-11(10)14-12/h2-9H,1H3,(H,13,14)/t9-/m0/s1. The molecule has 3 nitrogen and oxygen atoms in total. The van der Waals surface area contributed by atoms with Gasteiger partial charge < -0.3 is 10.1 Å². The monoisotopic (exact) mass is 200 g/mol. The molecule has 0 fully saturated rings. The van der Waals surface area contributed by atoms with Gasteiger partial charge in [0.2, 0.25) is 0 Å². The van der Waals surface area contributed by atoms with Crippen molar-refractivity contribution < 1.29 is 4.79 Å². The van der Waals surface area contributed by atoms with Gasteiger partial charge in [-0.1, -0.05) is 18.2 Å². The zero-order valence-corrected chi connectivity index (χ0v) is 8.47. The fraction of sp³-hybridized carbons (Fsp3) is 0.167. The first-order valence-corrected chi connectivity index (χ1v) is 4.87. The van der Waals surface area contributed by atoms with Crippen LogP contribution in [0.4, 0.5) is 5.82 Å². The van der Waals surface area contributed by atoms with E-state index in [0.29, 0.717) is 0 Å². The zero-order chi connectivity index (χ0) is 10.7. The highest BCUT2D eigenvalue weighted by Gasteiger charge is 2.01. The number of hydrogen-bond donors (Lipinski definition) is 1. The molecule has 1 heterocycles. The lowest BCUT2D eigenvalue weighted by Crippen LogP contribution is -2.16. The Morgan fingerprint density at radius 3 is 2.87 bits per heavy atom. The van der Waals surface area contributed by atoms with Gasteiger partial charge in [-0.3, -0.25) is 0 Å². The molecule has 0 saturated carbocycles. The Balaban J connectivity index is 2.34. The van der Waals surface area contributed by atoms with Crippen LogP contribution in [0.15, 0.2) is 36.4 Å². The number of hydrogen-bond acceptors (Lipinski definition) is 3. The van der Waals surface area contributed by atoms with E-state index >= 15 is 0 Å². The molecule has 76 valence electrons. The number of carbonyl (C=O) groups excluding carboxylic acids is 1. The molecule has 0 aliphatic carbocycles. The molecule has 0 spiro atoms. The van der Waals surface area contributed by atoms with Gasteiger partial charge >= 0.3 is 0 Å². The third kappa shape index (κ3) is 2.13. The van der Waals surface area contributed by atoms with Gasteiger partial charge in [-0.05, 0) is 25.1 Å². The van der Waals surface area contributed by atoms with Gasteiger partial charge in [0.15, 0.2) is 0 Å². The predicted molar refractivity (Wildman–Crippen MR) is 60.9 cm³/mol. The number of aromatic nitrogens is 1. The van der Waals surface area contributed by atoms with E-state index in [0.717, 1.165) is 23.0 Å². The van der Waals surface area contributed by atoms with Gasteiger partial charge in [-0.15, -0.1) is 0 Å². The van der Waals surface area contributed by atoms with Crippen molar-refractivity contribution in [1.82, 2.24) is 4.98 Å². The zero-order valence-electron chi connectivity index (χ0n) is 8.47. The predicted octanol–water partition coefficient (Wildman–Crippen LogP) is 2.23. The minimum absolute atomic E-state index is 0.210. The Morgan fingerprint density at radius 2 is 2.07 bits per heavy atom. The number of pyridine rings is 1. The molecule has 0 radical (unpaired) electrons. The third-order valence-electron chi connectivity index (χ3n) is 2.18. The summed E-state index contributed by atoms with van der Waals surface area (Å²) in [6.07, 6.45) is 0.858. The van der Waals surface area contributed by atoms with E-state index in [1.54, 1.807) is 6.92 Å². The Kier molecular flexibility index (Phi) is 2.63. The maximum absolute atomic E-state index is 10.5. The van der Waals surface area contributed by atoms with E-state index in [1.807, 2.05) is 36.4 Å². The number of benzene rings is 1. The van der Waals surface area contributed by atoms with Gasteiger partial charge in [0.25, 0.3) is 0 Å². The summed E-state index contributed by atoms with van der Waals surface area (Å²) in [5.74, 6) is 0.730. The summed E-state index contributed by atoms with van der Waals surface area (Å²) in [5.41, 5.74) is 0.931. The lowest BCUT2D eigenvalue weighted by atomic mass is 10.2. The first-order valence-electron chi connectivity index (χ1n) is 4.87. The second kappa shape index (κ2) is 4.09. The molecule has 0 aliphatic heterocycles. The van der Waals surface area contributed by atoms with Crippen LogP contribution in [0, 0.1) is 0 Å². The van der Waals surface area contributed by atoms with E-state index in [-0.39, 0.29) is 6.04 Å². The Labute approximate surface area is 88.1 Å². The highest BCUT2D eigenvalue weighted by Crippen LogP contribution is 2.14. The van der Waals surface area contributed by atoms with Crippen LogP contribution >= 0.6 is 0 Å². The second-order valence-corrected chi connectivity index (χ2v) is 3.46. The van der Waals surface area contributed by atoms with Crippen LogP contribution in [0.2, 0.25) is 0 Å². The number of nitrogens with zero attached hydrogens (tertiary/aromatic N) is 1. The average Bonchev–Trinajstić information content (AvgIpc) is 2.29. The summed E-state index contributed by atoms with van der Waals surface area (Å²) in [6, 6.07) is 11.5. The fourth-order valence-corrected chi connectivity index (χ4v) is 1.41. The SMILES string of the molecule is C[C@@H](C=O)Nc1ccc2ccccc2n1. The molecule has 0 unspecified atom stereocenters. The largest absolute Gasteiger partial charge is 0.361 e. The van der Waals surface area contributed by atoms with Crippen molar-refractivity contribution in [3.8, 4) is 0 Å². The third-order valence-corrected chi connectivity index (χ3v) is 2.18. The minimum Gasteiger partial charge on any atom is -0.361 e. The molecule has 1 atom stereocenters. The van der Waals surface area contributed by atoms with E-state index in [1.165, 1.54) is 0 Å². The molecule has 0 saturated heterocycles. The minimum atomic E-state index is -0.210. The normalized spacial score (nSPS) is 12.3. The number of rotatable bonds is 3. The van der Waals surface area contributed by atoms with Crippen molar-refractivity contribution >= 4 is 23.0 Å². The lowest BCUT2D eigenvalue weighted by Gasteiger charge is -2.08. The van der Waals surface area contributed by atoms with Crippen LogP contribution in [0.5, 0.6) is 0 Å². The topological polar surface area (TPSA) is 42.0 Å². The van der Waals surface area contributed by atoms with E-state index < -0.39 is 0 Å². The van der Waals surface area contributed by atoms with Gasteiger partial charge in [0, 0.05) is 5.39 Å². The second-order valence-electron chi connectivity index (χ2n) is 3.46. The first kappa shape index (κ1) is 9.65. The number of para-hydroxylation sites is 1. The van der Waals surface area contributed by atoms with E-state index in [2.05, 4.69) is 10.3 Å². The van der Waals surface area contributed by atoms with Gasteiger partial charge in [0.1, 0.15) is 12.1 Å². The number of anilines is 1. The maximum atomic E-state index is 10.5. The van der Waals surface area contributed by atoms with Crippen molar-refractivity contribution in [3.63, 3.8) is 0 Å². The molecule has 0 aliphatic rings. The molecule has 0 amide bonds. The van der Waals surface area contributed by atoms with Gasteiger partial charge in [0.05, 0.1) is 11.6 Å². The van der Waals surface area contributed by atoms with Crippen LogP contribution < -0.4 is 5.32 Å². The highest BCUT2D eigenvalue weighted by atomic mass is 16.1. The Bertz CT molecular complexity index is 482. The molecule has 1 aromatic heterocycles. The molecule has 1 N–H and O–H groups in total. The highest BCUT2D eigenvalue weighted by molar-refractivity contribution is 5.80. The molecule has 2 aromatic rings. The van der Waals surface area contributed by atoms with Crippen LogP contribution in [-0.2, 0) is 4.79 Å². The van der Waals surface area contributed by atoms with Crippen molar-refractivity contribution in [3.05, 3.63) is 36.4 Å². The van der Waals surface area contributed by atoms with Crippen molar-refractivity contribution in [1.29, 1.82) is 0 Å². The van der Waals surface area contributed by atoms with Crippen molar-refractivity contribution in [2.75, 3.05) is 5.32 Å². The number of aldehydes is 1. The van der Waals surface area contributed by atoms with Crippen LogP contribution in [0.25, 0.3) is 10.9 Å². The van der Waals surface area contributed by atoms with Crippen LogP contribution in [0.3, 0.4) is 0 Å². The Hall–Kier alpha value is -1.90. The quantitative estimate of drug-likeness (QED) is 0.772. The van der Waals surface area contributed by atoms with Gasteiger partial charge in [-0.2, -0.15) is 0 Å². The van der Waals surface area contributed by atoms with Crippen molar-refractivity contribution in [2.24, 2.45) is 0 Å². The molecule has 1 aromatic carbocycles. The molecular weight excluding hydrogens is 188 g/mol. The number of carbonyl (C=O) groups is 1. The molecular formula is C12H12N2O. The fourth-order valence-electron chi connectivity index (χ4n) is 1.41. The average molecular weight is 200 g/mol. The van der Waals surface area contributed by atoms with E-state index in [4.69, 9.17) is 0 Å². The summed E-state index contributed by atoms with van der Waals surface area (Å²) in [6.45, 7) is 1.80. The lowest BCUT2D eigenvalue weighted by molar-refractivity contribution is -0.108. The molecule has 0 bridgehead atoms. The molecule has 2 rings (SSSR count). The number of fused-ring (bicyclic) bond motifs is 1. The van der Waals surface area contributed by atoms with Crippen molar-refractivity contribution in [2.45, 2.75) is 13.0 Å².